The number of hydrogen-bond donors (Lipinski definition) is 1. The van der Waals surface area contributed by atoms with Crippen LogP contribution in [0.5, 0.6) is 0 Å². The molecular formula is C12H17ClN2O3. The average Bonchev–Trinajstić information content (AvgIpc) is 2.38. The lowest BCUT2D eigenvalue weighted by atomic mass is 10.1. The van der Waals surface area contributed by atoms with Crippen molar-refractivity contribution in [3.05, 3.63) is 23.9 Å². The molecule has 0 saturated carbocycles. The van der Waals surface area contributed by atoms with E-state index in [9.17, 15) is 9.90 Å². The van der Waals surface area contributed by atoms with E-state index in [0.29, 0.717) is 18.0 Å². The average molecular weight is 273 g/mol. The number of hydrogen-bond acceptors (Lipinski definition) is 5. The summed E-state index contributed by atoms with van der Waals surface area (Å²) in [4.78, 5) is 15.5. The molecule has 0 aliphatic carbocycles. The normalized spacial score (nSPS) is 11.2. The summed E-state index contributed by atoms with van der Waals surface area (Å²) in [6.45, 7) is 5.50. The molecule has 1 heterocycles. The van der Waals surface area contributed by atoms with Gasteiger partial charge in [-0.2, -0.15) is 0 Å². The number of aliphatic hydroxyl groups is 1. The van der Waals surface area contributed by atoms with Crippen LogP contribution in [0.15, 0.2) is 18.3 Å². The Labute approximate surface area is 111 Å². The fourth-order valence-electron chi connectivity index (χ4n) is 1.21. The second-order valence-electron chi connectivity index (χ2n) is 4.38. The van der Waals surface area contributed by atoms with E-state index in [-0.39, 0.29) is 6.61 Å². The SMILES string of the molecule is CCOC(=O)c1ccc(N(Cl)C(C)(C)CO)nc1. The summed E-state index contributed by atoms with van der Waals surface area (Å²) in [7, 11) is 0. The molecule has 0 fully saturated rings. The highest BCUT2D eigenvalue weighted by molar-refractivity contribution is 6.26. The maximum atomic E-state index is 11.4. The number of halogens is 1. The van der Waals surface area contributed by atoms with Gasteiger partial charge >= 0.3 is 5.97 Å². The molecule has 0 spiro atoms. The first-order valence-electron chi connectivity index (χ1n) is 5.62. The molecule has 0 saturated heterocycles. The number of rotatable bonds is 5. The quantitative estimate of drug-likeness (QED) is 0.656. The Morgan fingerprint density at radius 2 is 2.22 bits per heavy atom. The number of aromatic nitrogens is 1. The van der Waals surface area contributed by atoms with Crippen LogP contribution in [0.25, 0.3) is 0 Å². The van der Waals surface area contributed by atoms with Gasteiger partial charge in [-0.15, -0.1) is 0 Å². The number of esters is 1. The predicted molar refractivity (Wildman–Crippen MR) is 69.7 cm³/mol. The zero-order chi connectivity index (χ0) is 13.8. The summed E-state index contributed by atoms with van der Waals surface area (Å²) in [5.74, 6) is 0.0443. The third-order valence-corrected chi connectivity index (χ3v) is 3.01. The molecule has 5 nitrogen and oxygen atoms in total. The zero-order valence-electron chi connectivity index (χ0n) is 10.7. The van der Waals surface area contributed by atoms with E-state index in [1.165, 1.54) is 10.6 Å². The van der Waals surface area contributed by atoms with Crippen LogP contribution in [0.1, 0.15) is 31.1 Å². The van der Waals surface area contributed by atoms with Gasteiger partial charge in [0.15, 0.2) is 0 Å². The van der Waals surface area contributed by atoms with Gasteiger partial charge in [-0.3, -0.25) is 4.42 Å². The van der Waals surface area contributed by atoms with E-state index < -0.39 is 11.5 Å². The van der Waals surface area contributed by atoms with Gasteiger partial charge in [-0.1, -0.05) is 0 Å². The van der Waals surface area contributed by atoms with E-state index in [4.69, 9.17) is 16.5 Å². The van der Waals surface area contributed by atoms with Gasteiger partial charge in [-0.05, 0) is 32.9 Å². The van der Waals surface area contributed by atoms with E-state index in [1.54, 1.807) is 32.9 Å². The number of ether oxygens (including phenoxy) is 1. The zero-order valence-corrected chi connectivity index (χ0v) is 11.4. The molecule has 18 heavy (non-hydrogen) atoms. The summed E-state index contributed by atoms with van der Waals surface area (Å²) < 4.78 is 6.19. The van der Waals surface area contributed by atoms with Crippen LogP contribution in [0, 0.1) is 0 Å². The minimum absolute atomic E-state index is 0.113. The van der Waals surface area contributed by atoms with Crippen molar-refractivity contribution in [2.24, 2.45) is 0 Å². The van der Waals surface area contributed by atoms with Gasteiger partial charge in [0.25, 0.3) is 0 Å². The first-order chi connectivity index (χ1) is 8.42. The molecule has 1 rings (SSSR count). The van der Waals surface area contributed by atoms with E-state index in [2.05, 4.69) is 4.98 Å². The first-order valence-corrected chi connectivity index (χ1v) is 5.96. The minimum Gasteiger partial charge on any atom is -0.462 e. The van der Waals surface area contributed by atoms with E-state index in [1.807, 2.05) is 0 Å². The van der Waals surface area contributed by atoms with Gasteiger partial charge in [0.05, 0.1) is 24.3 Å². The Balaban J connectivity index is 2.86. The lowest BCUT2D eigenvalue weighted by molar-refractivity contribution is 0.0526. The second-order valence-corrected chi connectivity index (χ2v) is 4.71. The molecule has 1 aromatic heterocycles. The molecule has 0 aliphatic heterocycles. The Bertz CT molecular complexity index is 406. The fraction of sp³-hybridized carbons (Fsp3) is 0.500. The van der Waals surface area contributed by atoms with Gasteiger partial charge in [0, 0.05) is 18.0 Å². The van der Waals surface area contributed by atoms with Crippen LogP contribution in [-0.4, -0.2) is 34.8 Å². The van der Waals surface area contributed by atoms with Gasteiger partial charge in [-0.25, -0.2) is 9.78 Å². The summed E-state index contributed by atoms with van der Waals surface area (Å²) in [6, 6.07) is 3.19. The number of anilines is 1. The lowest BCUT2D eigenvalue weighted by Gasteiger charge is -2.31. The highest BCUT2D eigenvalue weighted by atomic mass is 35.5. The molecule has 0 aliphatic rings. The summed E-state index contributed by atoms with van der Waals surface area (Å²) in [6.07, 6.45) is 1.40. The Kier molecular flexibility index (Phi) is 4.93. The van der Waals surface area contributed by atoms with Gasteiger partial charge in [0.2, 0.25) is 0 Å². The summed E-state index contributed by atoms with van der Waals surface area (Å²) in [5, 5.41) is 9.21. The molecule has 100 valence electrons. The van der Waals surface area contributed by atoms with Crippen LogP contribution in [0.3, 0.4) is 0 Å². The molecule has 1 aromatic rings. The van der Waals surface area contributed by atoms with Crippen molar-refractivity contribution in [2.45, 2.75) is 26.3 Å². The van der Waals surface area contributed by atoms with Crippen molar-refractivity contribution in [2.75, 3.05) is 17.6 Å². The van der Waals surface area contributed by atoms with E-state index in [0.717, 1.165) is 0 Å². The predicted octanol–water partition coefficient (Wildman–Crippen LogP) is 1.99. The minimum atomic E-state index is -0.639. The fourth-order valence-corrected chi connectivity index (χ4v) is 1.36. The molecule has 0 atom stereocenters. The third-order valence-electron chi connectivity index (χ3n) is 2.38. The monoisotopic (exact) mass is 272 g/mol. The maximum absolute atomic E-state index is 11.4. The van der Waals surface area contributed by atoms with Gasteiger partial charge < -0.3 is 9.84 Å². The lowest BCUT2D eigenvalue weighted by Crippen LogP contribution is -2.41. The molecule has 6 heteroatoms. The smallest absolute Gasteiger partial charge is 0.339 e. The first kappa shape index (κ1) is 14.7. The van der Waals surface area contributed by atoms with Crippen molar-refractivity contribution in [3.8, 4) is 0 Å². The van der Waals surface area contributed by atoms with Gasteiger partial charge in [0.1, 0.15) is 5.82 Å². The molecule has 0 bridgehead atoms. The Morgan fingerprint density at radius 3 is 2.67 bits per heavy atom. The molecule has 0 amide bonds. The highest BCUT2D eigenvalue weighted by Gasteiger charge is 2.26. The molecule has 0 radical (unpaired) electrons. The number of pyridine rings is 1. The summed E-state index contributed by atoms with van der Waals surface area (Å²) in [5.41, 5.74) is -0.271. The number of carbonyl (C=O) groups excluding carboxylic acids is 1. The maximum Gasteiger partial charge on any atom is 0.339 e. The molecular weight excluding hydrogens is 256 g/mol. The van der Waals surface area contributed by atoms with Crippen LogP contribution in [0.4, 0.5) is 5.82 Å². The van der Waals surface area contributed by atoms with Crippen molar-refractivity contribution in [1.82, 2.24) is 4.98 Å². The van der Waals surface area contributed by atoms with Crippen molar-refractivity contribution >= 4 is 23.6 Å². The number of nitrogens with zero attached hydrogens (tertiary/aromatic N) is 2. The van der Waals surface area contributed by atoms with Crippen molar-refractivity contribution < 1.29 is 14.6 Å². The van der Waals surface area contributed by atoms with Crippen molar-refractivity contribution in [3.63, 3.8) is 0 Å². The Morgan fingerprint density at radius 1 is 1.56 bits per heavy atom. The van der Waals surface area contributed by atoms with Crippen LogP contribution in [0.2, 0.25) is 0 Å². The van der Waals surface area contributed by atoms with Crippen molar-refractivity contribution in [1.29, 1.82) is 0 Å². The van der Waals surface area contributed by atoms with Crippen LogP contribution >= 0.6 is 11.8 Å². The van der Waals surface area contributed by atoms with E-state index >= 15 is 0 Å². The highest BCUT2D eigenvalue weighted by Crippen LogP contribution is 2.24. The largest absolute Gasteiger partial charge is 0.462 e. The van der Waals surface area contributed by atoms with Crippen LogP contribution in [-0.2, 0) is 4.74 Å². The second kappa shape index (κ2) is 6.02. The Hall–Kier alpha value is -1.33. The standard InChI is InChI=1S/C12H17ClN2O3/c1-4-18-11(17)9-5-6-10(14-7-9)15(13)12(2,3)8-16/h5-7,16H,4,8H2,1-3H3. The topological polar surface area (TPSA) is 62.7 Å². The number of carbonyl (C=O) groups is 1. The molecule has 1 N–H and O–H groups in total. The molecule has 0 unspecified atom stereocenters. The molecule has 0 aromatic carbocycles. The van der Waals surface area contributed by atoms with Crippen LogP contribution < -0.4 is 4.42 Å². The summed E-state index contributed by atoms with van der Waals surface area (Å²) >= 11 is 6.09. The number of aliphatic hydroxyl groups excluding tert-OH is 1. The third kappa shape index (κ3) is 3.34.